The van der Waals surface area contributed by atoms with E-state index in [1.165, 1.54) is 15.6 Å². The molecule has 0 aliphatic heterocycles. The van der Waals surface area contributed by atoms with Gasteiger partial charge in [0.05, 0.1) is 0 Å². The van der Waals surface area contributed by atoms with Gasteiger partial charge in [-0.15, -0.1) is 33.2 Å². The molecule has 0 saturated carbocycles. The van der Waals surface area contributed by atoms with E-state index in [2.05, 4.69) is 111 Å². The van der Waals surface area contributed by atoms with Gasteiger partial charge in [0.1, 0.15) is 8.80 Å². The first-order valence-corrected chi connectivity index (χ1v) is 19.4. The molecule has 0 atom stereocenters. The lowest BCUT2D eigenvalue weighted by Gasteiger charge is -2.16. The highest BCUT2D eigenvalue weighted by molar-refractivity contribution is 7.54. The summed E-state index contributed by atoms with van der Waals surface area (Å²) in [6, 6.07) is 32.7. The lowest BCUT2D eigenvalue weighted by atomic mass is 10.3. The average Bonchev–Trinajstić information content (AvgIpc) is 2.64. The lowest BCUT2D eigenvalue weighted by Crippen LogP contribution is -2.51. The fourth-order valence-electron chi connectivity index (χ4n) is 2.51. The van der Waals surface area contributed by atoms with Crippen LogP contribution in [0.25, 0.3) is 0 Å². The molecule has 0 N–H and O–H groups in total. The molecule has 27 heavy (non-hydrogen) atoms. The number of benzene rings is 3. The van der Waals surface area contributed by atoms with Crippen molar-refractivity contribution in [1.29, 1.82) is 0 Å². The molecule has 0 nitrogen and oxygen atoms in total. The Morgan fingerprint density at radius 3 is 0.852 bits per heavy atom. The largest absolute Gasteiger partial charge is 0.326 e. The molecule has 6 heteroatoms. The Balaban J connectivity index is 0.000000390. The highest BCUT2D eigenvalue weighted by Gasteiger charge is 2.17. The Hall–Kier alpha value is -0.819. The number of halogens is 3. The summed E-state index contributed by atoms with van der Waals surface area (Å²) in [6.07, 6.45) is 0. The predicted octanol–water partition coefficient (Wildman–Crippen LogP) is 4.46. The Bertz CT molecular complexity index is 618. The van der Waals surface area contributed by atoms with Crippen molar-refractivity contribution < 1.29 is 0 Å². The van der Waals surface area contributed by atoms with Gasteiger partial charge in [0.15, 0.2) is 0 Å². The standard InChI is InChI=1S/C18H16Si.C3H10Si.Cl3HSi/c1-4-10-16(11-5-1)19(17-12-6-2-7-13-17)18-14-8-3-9-15-18;2*1-4(2)3/h1-15,19H;4H,1-3H3;4H. The van der Waals surface area contributed by atoms with Gasteiger partial charge in [-0.05, 0) is 0 Å². The fraction of sp³-hybridized carbons (Fsp3) is 0.143. The molecule has 0 bridgehead atoms. The van der Waals surface area contributed by atoms with Crippen LogP contribution in [0, 0.1) is 0 Å². The molecule has 0 heterocycles. The van der Waals surface area contributed by atoms with Crippen LogP contribution in [0.4, 0.5) is 0 Å². The second kappa shape index (κ2) is 14.2. The molecule has 0 saturated heterocycles. The number of hydrogen-bond acceptors (Lipinski definition) is 0. The molecule has 0 radical (unpaired) electrons. The quantitative estimate of drug-likeness (QED) is 0.302. The summed E-state index contributed by atoms with van der Waals surface area (Å²) in [6.45, 7) is 5.19. The molecule has 3 rings (SSSR count). The fourth-order valence-corrected chi connectivity index (χ4v) is 5.49. The van der Waals surface area contributed by atoms with Gasteiger partial charge < -0.3 is 0 Å². The maximum absolute atomic E-state index is 4.94. The summed E-state index contributed by atoms with van der Waals surface area (Å²) in [7, 11) is -1.45. The number of rotatable bonds is 3. The Morgan fingerprint density at radius 1 is 0.481 bits per heavy atom. The van der Waals surface area contributed by atoms with Crippen molar-refractivity contribution in [1.82, 2.24) is 0 Å². The van der Waals surface area contributed by atoms with Crippen molar-refractivity contribution in [2.24, 2.45) is 0 Å². The van der Waals surface area contributed by atoms with Crippen LogP contribution >= 0.6 is 33.2 Å². The van der Waals surface area contributed by atoms with Crippen LogP contribution in [-0.2, 0) is 0 Å². The third-order valence-electron chi connectivity index (χ3n) is 3.40. The van der Waals surface area contributed by atoms with Crippen LogP contribution in [0.1, 0.15) is 0 Å². The zero-order chi connectivity index (χ0) is 20.1. The molecule has 0 aliphatic rings. The first-order chi connectivity index (χ1) is 12.9. The summed E-state index contributed by atoms with van der Waals surface area (Å²) in [5, 5.41) is 4.42. The third kappa shape index (κ3) is 10.9. The van der Waals surface area contributed by atoms with Gasteiger partial charge >= 0.3 is 6.73 Å². The van der Waals surface area contributed by atoms with E-state index in [4.69, 9.17) is 33.2 Å². The Labute approximate surface area is 183 Å². The van der Waals surface area contributed by atoms with Crippen molar-refractivity contribution >= 4 is 73.1 Å². The van der Waals surface area contributed by atoms with E-state index < -0.39 is 15.5 Å². The molecular formula is C21H27Cl3Si3. The first kappa shape index (κ1) is 24.2. The smallest absolute Gasteiger partial charge is 0.130 e. The van der Waals surface area contributed by atoms with E-state index in [0.29, 0.717) is 0 Å². The minimum atomic E-state index is -1.72. The van der Waals surface area contributed by atoms with E-state index in [0.717, 1.165) is 0 Å². The zero-order valence-corrected chi connectivity index (χ0v) is 21.8. The lowest BCUT2D eigenvalue weighted by molar-refractivity contribution is 1.71. The van der Waals surface area contributed by atoms with E-state index in [1.54, 1.807) is 0 Å². The van der Waals surface area contributed by atoms with Crippen LogP contribution in [0.15, 0.2) is 91.0 Å². The molecule has 0 unspecified atom stereocenters. The van der Waals surface area contributed by atoms with Crippen molar-refractivity contribution in [3.05, 3.63) is 91.0 Å². The summed E-state index contributed by atoms with van der Waals surface area (Å²) >= 11 is 14.8. The van der Waals surface area contributed by atoms with Gasteiger partial charge in [-0.25, -0.2) is 0 Å². The maximum atomic E-state index is 4.94. The third-order valence-corrected chi connectivity index (χ3v) is 6.55. The first-order valence-electron chi connectivity index (χ1n) is 8.98. The molecule has 3 aromatic carbocycles. The van der Waals surface area contributed by atoms with Gasteiger partial charge in [0, 0.05) is 8.80 Å². The maximum Gasteiger partial charge on any atom is 0.326 e. The van der Waals surface area contributed by atoms with Crippen molar-refractivity contribution in [3.8, 4) is 0 Å². The minimum Gasteiger partial charge on any atom is -0.130 e. The van der Waals surface area contributed by atoms with Crippen LogP contribution in [-0.4, -0.2) is 24.3 Å². The SMILES string of the molecule is C[SiH](C)C.Cl[SiH](Cl)Cl.c1ccc([SiH](c2ccccc2)c2ccccc2)cc1. The summed E-state index contributed by atoms with van der Waals surface area (Å²) < 4.78 is 0. The monoisotopic (exact) mass is 468 g/mol. The second-order valence-electron chi connectivity index (χ2n) is 6.64. The normalized spacial score (nSPS) is 10.1. The van der Waals surface area contributed by atoms with Crippen molar-refractivity contribution in [3.63, 3.8) is 0 Å². The van der Waals surface area contributed by atoms with Crippen LogP contribution in [0.5, 0.6) is 0 Å². The Morgan fingerprint density at radius 2 is 0.667 bits per heavy atom. The van der Waals surface area contributed by atoms with Crippen molar-refractivity contribution in [2.45, 2.75) is 19.6 Å². The highest BCUT2D eigenvalue weighted by atomic mass is 35.8. The molecule has 144 valence electrons. The molecule has 0 aromatic heterocycles. The topological polar surface area (TPSA) is 0 Å². The molecule has 3 aromatic rings. The molecule has 0 fully saturated rings. The summed E-state index contributed by atoms with van der Waals surface area (Å²) in [4.78, 5) is 0. The molecule has 0 aliphatic carbocycles. The average molecular weight is 470 g/mol. The van der Waals surface area contributed by atoms with E-state index in [-0.39, 0.29) is 8.80 Å². The van der Waals surface area contributed by atoms with E-state index in [1.807, 2.05) is 0 Å². The van der Waals surface area contributed by atoms with E-state index in [9.17, 15) is 0 Å². The van der Waals surface area contributed by atoms with Gasteiger partial charge in [-0.2, -0.15) is 0 Å². The highest BCUT2D eigenvalue weighted by Crippen LogP contribution is 1.97. The molecule has 0 spiro atoms. The molecular weight excluding hydrogens is 443 g/mol. The van der Waals surface area contributed by atoms with Gasteiger partial charge in [0.25, 0.3) is 0 Å². The second-order valence-corrected chi connectivity index (χ2v) is 19.4. The van der Waals surface area contributed by atoms with E-state index >= 15 is 0 Å². The van der Waals surface area contributed by atoms with Crippen LogP contribution in [0.3, 0.4) is 0 Å². The summed E-state index contributed by atoms with van der Waals surface area (Å²) in [5.41, 5.74) is 0. The predicted molar refractivity (Wildman–Crippen MR) is 135 cm³/mol. The van der Waals surface area contributed by atoms with Gasteiger partial charge in [-0.1, -0.05) is 126 Å². The Kier molecular flexibility index (Phi) is 12.8. The zero-order valence-electron chi connectivity index (χ0n) is 16.0. The van der Waals surface area contributed by atoms with Crippen molar-refractivity contribution in [2.75, 3.05) is 0 Å². The summed E-state index contributed by atoms with van der Waals surface area (Å²) in [5.74, 6) is 0. The van der Waals surface area contributed by atoms with Gasteiger partial charge in [-0.3, -0.25) is 0 Å². The van der Waals surface area contributed by atoms with Crippen LogP contribution < -0.4 is 15.6 Å². The minimum absolute atomic E-state index is 0.139. The number of hydrogen-bond donors (Lipinski definition) is 0. The van der Waals surface area contributed by atoms with Gasteiger partial charge in [0.2, 0.25) is 0 Å². The molecule has 0 amide bonds. The van der Waals surface area contributed by atoms with Crippen LogP contribution in [0.2, 0.25) is 19.6 Å².